The fourth-order valence-corrected chi connectivity index (χ4v) is 5.59. The van der Waals surface area contributed by atoms with E-state index in [4.69, 9.17) is 37.8 Å². The van der Waals surface area contributed by atoms with E-state index in [1.165, 1.54) is 23.5 Å². The molecule has 0 aromatic carbocycles. The summed E-state index contributed by atoms with van der Waals surface area (Å²) in [5, 5.41) is 10.3. The molecule has 1 aliphatic carbocycles. The first-order valence-electron chi connectivity index (χ1n) is 11.4. The fourth-order valence-electron chi connectivity index (χ4n) is 4.35. The normalized spacial score (nSPS) is 23.4. The van der Waals surface area contributed by atoms with E-state index < -0.39 is 34.6 Å². The maximum Gasteiger partial charge on any atom is 1.00 e. The SMILES string of the molecule is CC(O)OC(C)N1C(=S)N(c2ccccn2)C(=O)C1=C1C(Cl)=CC=C2O[CH-]N(CCCCS(=O)(=O)O)C21.[K+]. The van der Waals surface area contributed by atoms with Gasteiger partial charge in [0.05, 0.1) is 17.6 Å². The molecule has 0 radical (unpaired) electrons. The summed E-state index contributed by atoms with van der Waals surface area (Å²) < 4.78 is 42.5. The number of aliphatic hydroxyl groups excluding tert-OH is 1. The van der Waals surface area contributed by atoms with Gasteiger partial charge in [-0.25, -0.2) is 9.88 Å². The number of pyridine rings is 1. The molecule has 0 saturated carbocycles. The number of aromatic nitrogens is 1. The number of aliphatic hydroxyl groups is 1. The average Bonchev–Trinajstić information content (AvgIpc) is 3.34. The van der Waals surface area contributed by atoms with Crippen molar-refractivity contribution in [2.75, 3.05) is 17.2 Å². The minimum Gasteiger partial charge on any atom is -0.649 e. The monoisotopic (exact) mass is 608 g/mol. The molecule has 3 heterocycles. The van der Waals surface area contributed by atoms with Crippen LogP contribution in [0.5, 0.6) is 0 Å². The van der Waals surface area contributed by atoms with Crippen LogP contribution in [0.25, 0.3) is 0 Å². The fraction of sp³-hybridized carbons (Fsp3) is 0.391. The van der Waals surface area contributed by atoms with Crippen molar-refractivity contribution in [3.8, 4) is 0 Å². The van der Waals surface area contributed by atoms with E-state index in [0.717, 1.165) is 0 Å². The van der Waals surface area contributed by atoms with Crippen molar-refractivity contribution >= 4 is 50.8 Å². The molecule has 1 aromatic rings. The van der Waals surface area contributed by atoms with Crippen LogP contribution in [0.2, 0.25) is 0 Å². The van der Waals surface area contributed by atoms with E-state index in [2.05, 4.69) is 4.98 Å². The Labute approximate surface area is 274 Å². The van der Waals surface area contributed by atoms with Crippen LogP contribution in [-0.4, -0.2) is 74.7 Å². The van der Waals surface area contributed by atoms with Crippen LogP contribution in [-0.2, 0) is 24.4 Å². The number of thiocarbonyl (C=S) groups is 1. The van der Waals surface area contributed by atoms with Gasteiger partial charge in [0.2, 0.25) is 0 Å². The molecule has 4 rings (SSSR count). The van der Waals surface area contributed by atoms with Gasteiger partial charge in [0, 0.05) is 16.8 Å². The minimum absolute atomic E-state index is 0. The van der Waals surface area contributed by atoms with E-state index in [0.29, 0.717) is 30.1 Å². The molecule has 200 valence electrons. The van der Waals surface area contributed by atoms with E-state index in [1.807, 2.05) is 0 Å². The van der Waals surface area contributed by atoms with Crippen molar-refractivity contribution in [2.24, 2.45) is 0 Å². The van der Waals surface area contributed by atoms with Crippen molar-refractivity contribution in [1.29, 1.82) is 0 Å². The maximum absolute atomic E-state index is 13.9. The van der Waals surface area contributed by atoms with Crippen LogP contribution < -0.4 is 56.3 Å². The largest absolute Gasteiger partial charge is 1.00 e. The Bertz CT molecular complexity index is 1270. The molecule has 2 N–H and O–H groups in total. The quantitative estimate of drug-likeness (QED) is 0.0714. The molecular formula is C23H26ClKN4O7S2. The third-order valence-corrected chi connectivity index (χ3v) is 7.37. The number of fused-ring (bicyclic) bond motifs is 1. The summed E-state index contributed by atoms with van der Waals surface area (Å²) in [5.74, 6) is -0.0194. The maximum atomic E-state index is 13.9. The number of amides is 1. The summed E-state index contributed by atoms with van der Waals surface area (Å²) in [6, 6.07) is 4.49. The minimum atomic E-state index is -4.07. The molecule has 1 amide bonds. The number of unbranched alkanes of at least 4 members (excludes halogenated alkanes) is 1. The van der Waals surface area contributed by atoms with Crippen molar-refractivity contribution in [3.63, 3.8) is 0 Å². The Morgan fingerprint density at radius 3 is 2.66 bits per heavy atom. The van der Waals surface area contributed by atoms with Gasteiger partial charge in [-0.2, -0.15) is 8.42 Å². The number of carbonyl (C=O) groups is 1. The van der Waals surface area contributed by atoms with Gasteiger partial charge in [-0.1, -0.05) is 24.4 Å². The third-order valence-electron chi connectivity index (χ3n) is 5.85. The Kier molecular flexibility index (Phi) is 11.1. The van der Waals surface area contributed by atoms with Gasteiger partial charge >= 0.3 is 51.4 Å². The van der Waals surface area contributed by atoms with E-state index in [1.54, 1.807) is 48.4 Å². The van der Waals surface area contributed by atoms with Crippen molar-refractivity contribution in [3.05, 3.63) is 65.3 Å². The summed E-state index contributed by atoms with van der Waals surface area (Å²) in [5.41, 5.74) is 0.553. The number of hydrogen-bond donors (Lipinski definition) is 2. The molecule has 2 saturated heterocycles. The predicted molar refractivity (Wildman–Crippen MR) is 139 cm³/mol. The molecule has 2 fully saturated rings. The second kappa shape index (κ2) is 13.3. The van der Waals surface area contributed by atoms with Gasteiger partial charge in [0.15, 0.2) is 11.4 Å². The molecule has 2 aliphatic heterocycles. The van der Waals surface area contributed by atoms with Gasteiger partial charge in [-0.3, -0.25) is 14.2 Å². The van der Waals surface area contributed by atoms with Crippen LogP contribution in [0.3, 0.4) is 0 Å². The summed E-state index contributed by atoms with van der Waals surface area (Å²) in [6.07, 6.45) is 3.51. The number of allylic oxidation sites excluding steroid dienone is 2. The number of anilines is 1. The smallest absolute Gasteiger partial charge is 0.649 e. The molecule has 38 heavy (non-hydrogen) atoms. The van der Waals surface area contributed by atoms with Gasteiger partial charge in [-0.15, -0.1) is 0 Å². The standard InChI is InChI=1S/C23H26ClN4O7S2.K/c1-14(35-15(2)29)27-21(22(30)28(23(27)36)18-7-3-4-10-25-18)19-16(24)8-9-17-20(19)26(13-34-17)11-5-6-12-37(31,32)33;/h3-4,7-10,13-15,20,29H,5-6,11-12H2,1-2H3,(H,31,32,33);/q-1;+1. The van der Waals surface area contributed by atoms with Crippen LogP contribution in [0, 0.1) is 6.73 Å². The molecule has 15 heteroatoms. The zero-order valence-electron chi connectivity index (χ0n) is 21.0. The number of nitrogens with zero attached hydrogens (tertiary/aromatic N) is 4. The number of rotatable bonds is 9. The topological polar surface area (TPSA) is 133 Å². The van der Waals surface area contributed by atoms with Crippen molar-refractivity contribution in [2.45, 2.75) is 45.2 Å². The molecule has 1 aromatic heterocycles. The molecule has 3 unspecified atom stereocenters. The first-order valence-corrected chi connectivity index (χ1v) is 13.8. The van der Waals surface area contributed by atoms with Crippen LogP contribution in [0.15, 0.2) is 58.6 Å². The molecule has 11 nitrogen and oxygen atoms in total. The van der Waals surface area contributed by atoms with Crippen LogP contribution in [0.1, 0.15) is 26.7 Å². The third kappa shape index (κ3) is 6.93. The molecule has 3 atom stereocenters. The zero-order valence-corrected chi connectivity index (χ0v) is 26.5. The van der Waals surface area contributed by atoms with E-state index in [9.17, 15) is 18.3 Å². The van der Waals surface area contributed by atoms with Gasteiger partial charge < -0.3 is 19.5 Å². The second-order valence-corrected chi connectivity index (χ2v) is 10.9. The number of halogens is 1. The number of carbonyl (C=O) groups excluding carboxylic acids is 1. The number of hydrogen-bond acceptors (Lipinski definition) is 9. The zero-order chi connectivity index (χ0) is 26.9. The Balaban J connectivity index is 0.00000400. The summed E-state index contributed by atoms with van der Waals surface area (Å²) in [6.45, 7) is 4.95. The molecule has 0 spiro atoms. The average molecular weight is 609 g/mol. The molecule has 0 bridgehead atoms. The Morgan fingerprint density at radius 1 is 1.29 bits per heavy atom. The van der Waals surface area contributed by atoms with Gasteiger partial charge in [-0.05, 0) is 69.7 Å². The summed E-state index contributed by atoms with van der Waals surface area (Å²) in [7, 11) is -4.07. The second-order valence-electron chi connectivity index (χ2n) is 8.52. The Hall–Kier alpha value is -0.754. The summed E-state index contributed by atoms with van der Waals surface area (Å²) in [4.78, 5) is 22.8. The number of ether oxygens (including phenoxy) is 2. The van der Waals surface area contributed by atoms with Gasteiger partial charge in [0.25, 0.3) is 16.0 Å². The van der Waals surface area contributed by atoms with Crippen molar-refractivity contribution in [1.82, 2.24) is 14.8 Å². The Morgan fingerprint density at radius 2 is 2.03 bits per heavy atom. The van der Waals surface area contributed by atoms with Gasteiger partial charge in [0.1, 0.15) is 17.7 Å². The van der Waals surface area contributed by atoms with E-state index >= 15 is 0 Å². The first-order chi connectivity index (χ1) is 17.5. The van der Waals surface area contributed by atoms with Crippen LogP contribution >= 0.6 is 23.8 Å². The molecular weight excluding hydrogens is 583 g/mol. The van der Waals surface area contributed by atoms with E-state index in [-0.39, 0.29) is 79.4 Å². The van der Waals surface area contributed by atoms with Crippen molar-refractivity contribution < 1.29 is 83.7 Å². The van der Waals surface area contributed by atoms with Crippen LogP contribution in [0.4, 0.5) is 5.82 Å². The first kappa shape index (κ1) is 31.8. The summed E-state index contributed by atoms with van der Waals surface area (Å²) >= 11 is 12.4. The predicted octanol–water partition coefficient (Wildman–Crippen LogP) is -0.518. The molecule has 3 aliphatic rings.